The number of aliphatic carboxylic acids is 1. The molecule has 0 saturated carbocycles. The Kier molecular flexibility index (Phi) is 3.11. The number of aromatic nitrogens is 2. The zero-order valence-corrected chi connectivity index (χ0v) is 8.52. The van der Waals surface area contributed by atoms with Gasteiger partial charge in [0.15, 0.2) is 0 Å². The van der Waals surface area contributed by atoms with Crippen molar-refractivity contribution in [2.75, 3.05) is 7.11 Å². The summed E-state index contributed by atoms with van der Waals surface area (Å²) in [5.41, 5.74) is 0.630. The van der Waals surface area contributed by atoms with Crippen molar-refractivity contribution in [2.24, 2.45) is 7.05 Å². The Morgan fingerprint density at radius 2 is 2.43 bits per heavy atom. The number of rotatable bonds is 4. The quantitative estimate of drug-likeness (QED) is 0.784. The molecule has 1 rings (SSSR count). The fourth-order valence-corrected chi connectivity index (χ4v) is 1.41. The summed E-state index contributed by atoms with van der Waals surface area (Å²) >= 11 is 0. The Morgan fingerprint density at radius 3 is 2.86 bits per heavy atom. The Balaban J connectivity index is 3.08. The molecule has 1 aromatic heterocycles. The zero-order valence-electron chi connectivity index (χ0n) is 8.52. The minimum Gasteiger partial charge on any atom is -0.481 e. The van der Waals surface area contributed by atoms with Gasteiger partial charge in [0.05, 0.1) is 13.0 Å². The molecule has 0 spiro atoms. The Morgan fingerprint density at radius 1 is 1.79 bits per heavy atom. The average Bonchev–Trinajstić information content (AvgIpc) is 2.47. The highest BCUT2D eigenvalue weighted by Crippen LogP contribution is 2.27. The second kappa shape index (κ2) is 4.13. The summed E-state index contributed by atoms with van der Waals surface area (Å²) in [6.45, 7) is 1.82. The molecule has 0 aromatic carbocycles. The highest BCUT2D eigenvalue weighted by atomic mass is 16.5. The molecular weight excluding hydrogens is 184 g/mol. The first-order valence-corrected chi connectivity index (χ1v) is 4.40. The van der Waals surface area contributed by atoms with Gasteiger partial charge in [-0.3, -0.25) is 9.48 Å². The third-order valence-electron chi connectivity index (χ3n) is 2.10. The van der Waals surface area contributed by atoms with Crippen molar-refractivity contribution in [1.29, 1.82) is 0 Å². The maximum atomic E-state index is 10.9. The molecule has 0 aliphatic carbocycles. The van der Waals surface area contributed by atoms with Crippen molar-refractivity contribution in [1.82, 2.24) is 9.78 Å². The van der Waals surface area contributed by atoms with Crippen LogP contribution in [-0.4, -0.2) is 28.0 Å². The largest absolute Gasteiger partial charge is 0.481 e. The fourth-order valence-electron chi connectivity index (χ4n) is 1.41. The summed E-state index contributed by atoms with van der Waals surface area (Å²) in [5, 5.41) is 13.0. The van der Waals surface area contributed by atoms with Crippen LogP contribution >= 0.6 is 0 Å². The maximum Gasteiger partial charge on any atom is 0.311 e. The number of hydrogen-bond donors (Lipinski definition) is 1. The van der Waals surface area contributed by atoms with Crippen LogP contribution in [-0.2, 0) is 11.8 Å². The van der Waals surface area contributed by atoms with Crippen LogP contribution < -0.4 is 4.74 Å². The molecule has 0 amide bonds. The lowest BCUT2D eigenvalue weighted by Crippen LogP contribution is -2.10. The van der Waals surface area contributed by atoms with E-state index in [-0.39, 0.29) is 0 Å². The SMILES string of the molecule is CCC(C(=O)O)c1cn(C)nc1OC. The molecule has 5 nitrogen and oxygen atoms in total. The number of hydrogen-bond acceptors (Lipinski definition) is 3. The molecule has 5 heteroatoms. The lowest BCUT2D eigenvalue weighted by Gasteiger charge is -2.07. The van der Waals surface area contributed by atoms with Crippen LogP contribution in [0.25, 0.3) is 0 Å². The topological polar surface area (TPSA) is 64.3 Å². The molecule has 0 aliphatic heterocycles. The molecule has 1 heterocycles. The van der Waals surface area contributed by atoms with Gasteiger partial charge in [-0.15, -0.1) is 5.10 Å². The molecule has 0 bridgehead atoms. The maximum absolute atomic E-state index is 10.9. The Hall–Kier alpha value is -1.52. The van der Waals surface area contributed by atoms with E-state index in [2.05, 4.69) is 5.10 Å². The first-order chi connectivity index (χ1) is 6.60. The van der Waals surface area contributed by atoms with Crippen molar-refractivity contribution in [3.8, 4) is 5.88 Å². The zero-order chi connectivity index (χ0) is 10.7. The highest BCUT2D eigenvalue weighted by molar-refractivity contribution is 5.76. The summed E-state index contributed by atoms with van der Waals surface area (Å²) in [6, 6.07) is 0. The van der Waals surface area contributed by atoms with Crippen LogP contribution in [0.15, 0.2) is 6.20 Å². The number of methoxy groups -OCH3 is 1. The standard InChI is InChI=1S/C9H14N2O3/c1-4-6(9(12)13)7-5-11(2)10-8(7)14-3/h5-6H,4H2,1-3H3,(H,12,13). The van der Waals surface area contributed by atoms with E-state index in [9.17, 15) is 4.79 Å². The first kappa shape index (κ1) is 10.6. The smallest absolute Gasteiger partial charge is 0.311 e. The van der Waals surface area contributed by atoms with Crippen LogP contribution in [0.3, 0.4) is 0 Å². The molecule has 0 saturated heterocycles. The molecule has 1 atom stereocenters. The normalized spacial score (nSPS) is 12.5. The lowest BCUT2D eigenvalue weighted by atomic mass is 10.00. The van der Waals surface area contributed by atoms with Gasteiger partial charge in [-0.2, -0.15) is 0 Å². The van der Waals surface area contributed by atoms with Gasteiger partial charge in [0, 0.05) is 18.8 Å². The minimum absolute atomic E-state index is 0.391. The summed E-state index contributed by atoms with van der Waals surface area (Å²) < 4.78 is 6.56. The van der Waals surface area contributed by atoms with Gasteiger partial charge >= 0.3 is 5.97 Å². The van der Waals surface area contributed by atoms with Crippen molar-refractivity contribution >= 4 is 5.97 Å². The van der Waals surface area contributed by atoms with Crippen LogP contribution in [0.5, 0.6) is 5.88 Å². The van der Waals surface area contributed by atoms with Crippen molar-refractivity contribution < 1.29 is 14.6 Å². The fraction of sp³-hybridized carbons (Fsp3) is 0.556. The van der Waals surface area contributed by atoms with Crippen LogP contribution in [0, 0.1) is 0 Å². The van der Waals surface area contributed by atoms with Crippen LogP contribution in [0.4, 0.5) is 0 Å². The van der Waals surface area contributed by atoms with Gasteiger partial charge in [0.25, 0.3) is 0 Å². The second-order valence-corrected chi connectivity index (χ2v) is 3.07. The molecule has 0 aliphatic rings. The molecule has 78 valence electrons. The molecule has 1 N–H and O–H groups in total. The van der Waals surface area contributed by atoms with E-state index >= 15 is 0 Å². The first-order valence-electron chi connectivity index (χ1n) is 4.40. The number of nitrogens with zero attached hydrogens (tertiary/aromatic N) is 2. The summed E-state index contributed by atoms with van der Waals surface area (Å²) in [6.07, 6.45) is 2.21. The van der Waals surface area contributed by atoms with Crippen LogP contribution in [0.1, 0.15) is 24.8 Å². The van der Waals surface area contributed by atoms with Gasteiger partial charge in [-0.05, 0) is 6.42 Å². The summed E-state index contributed by atoms with van der Waals surface area (Å²) in [5.74, 6) is -1.00. The second-order valence-electron chi connectivity index (χ2n) is 3.07. The average molecular weight is 198 g/mol. The van der Waals surface area contributed by atoms with Gasteiger partial charge < -0.3 is 9.84 Å². The number of carboxylic acids is 1. The van der Waals surface area contributed by atoms with Gasteiger partial charge in [-0.1, -0.05) is 6.92 Å². The molecule has 0 fully saturated rings. The third kappa shape index (κ3) is 1.86. The molecule has 14 heavy (non-hydrogen) atoms. The lowest BCUT2D eigenvalue weighted by molar-refractivity contribution is -0.138. The molecule has 1 unspecified atom stereocenters. The monoisotopic (exact) mass is 198 g/mol. The molecular formula is C9H14N2O3. The van der Waals surface area contributed by atoms with E-state index in [1.807, 2.05) is 6.92 Å². The Labute approximate surface area is 82.3 Å². The van der Waals surface area contributed by atoms with E-state index in [1.165, 1.54) is 7.11 Å². The predicted molar refractivity (Wildman–Crippen MR) is 50.4 cm³/mol. The van der Waals surface area contributed by atoms with Gasteiger partial charge in [-0.25, -0.2) is 0 Å². The van der Waals surface area contributed by atoms with E-state index < -0.39 is 11.9 Å². The molecule has 0 radical (unpaired) electrons. The van der Waals surface area contributed by atoms with E-state index in [4.69, 9.17) is 9.84 Å². The van der Waals surface area contributed by atoms with Crippen molar-refractivity contribution in [3.05, 3.63) is 11.8 Å². The van der Waals surface area contributed by atoms with E-state index in [0.29, 0.717) is 17.9 Å². The number of aryl methyl sites for hydroxylation is 1. The minimum atomic E-state index is -0.848. The number of carbonyl (C=O) groups is 1. The molecule has 1 aromatic rings. The van der Waals surface area contributed by atoms with Crippen molar-refractivity contribution in [2.45, 2.75) is 19.3 Å². The third-order valence-corrected chi connectivity index (χ3v) is 2.10. The van der Waals surface area contributed by atoms with Crippen LogP contribution in [0.2, 0.25) is 0 Å². The highest BCUT2D eigenvalue weighted by Gasteiger charge is 2.23. The van der Waals surface area contributed by atoms with E-state index in [0.717, 1.165) is 0 Å². The summed E-state index contributed by atoms with van der Waals surface area (Å²) in [7, 11) is 3.22. The van der Waals surface area contributed by atoms with Gasteiger partial charge in [0.2, 0.25) is 5.88 Å². The Bertz CT molecular complexity index is 333. The van der Waals surface area contributed by atoms with Crippen molar-refractivity contribution in [3.63, 3.8) is 0 Å². The summed E-state index contributed by atoms with van der Waals surface area (Å²) in [4.78, 5) is 10.9. The van der Waals surface area contributed by atoms with Gasteiger partial charge in [0.1, 0.15) is 0 Å². The number of ether oxygens (including phenoxy) is 1. The predicted octanol–water partition coefficient (Wildman–Crippen LogP) is 1.01. The number of carboxylic acid groups (broad SMARTS) is 1. The van der Waals surface area contributed by atoms with E-state index in [1.54, 1.807) is 17.9 Å².